The molecule has 0 spiro atoms. The van der Waals surface area contributed by atoms with Crippen LogP contribution < -0.4 is 0 Å². The highest BCUT2D eigenvalue weighted by Crippen LogP contribution is 2.06. The van der Waals surface area contributed by atoms with Crippen molar-refractivity contribution in [3.05, 3.63) is 0 Å². The smallest absolute Gasteiger partial charge is 0.412 e. The summed E-state index contributed by atoms with van der Waals surface area (Å²) in [5, 5.41) is 6.52. The van der Waals surface area contributed by atoms with Crippen LogP contribution in [0.4, 0.5) is 13.2 Å². The fourth-order valence-corrected chi connectivity index (χ4v) is 0. The Kier molecular flexibility index (Phi) is 3.05. The molecule has 0 rings (SSSR count). The highest BCUT2D eigenvalue weighted by Gasteiger charge is 2.20. The van der Waals surface area contributed by atoms with Crippen LogP contribution in [0.3, 0.4) is 0 Å². The summed E-state index contributed by atoms with van der Waals surface area (Å²) in [5.41, 5.74) is 0. The molecule has 0 aromatic heterocycles. The molecule has 0 unspecified atom stereocenters. The molecule has 5 heteroatoms. The molecule has 0 atom stereocenters. The van der Waals surface area contributed by atoms with Crippen LogP contribution in [0, 0.1) is 0 Å². The molecule has 0 aromatic carbocycles. The zero-order valence-electron chi connectivity index (χ0n) is 2.58. The highest BCUT2D eigenvalue weighted by atomic mass is 19.4. The molecular formula is CH3F3O2. The van der Waals surface area contributed by atoms with Gasteiger partial charge in [-0.05, 0) is 0 Å². The minimum atomic E-state index is -5.00. The van der Waals surface area contributed by atoms with Crippen molar-refractivity contribution in [1.29, 1.82) is 0 Å². The average Bonchev–Trinajstić information content (AvgIpc) is 0.722. The first kappa shape index (κ1) is 9.20. The van der Waals surface area contributed by atoms with Crippen molar-refractivity contribution in [2.75, 3.05) is 0 Å². The molecule has 0 aliphatic heterocycles. The number of alkyl halides is 3. The van der Waals surface area contributed by atoms with E-state index in [0.29, 0.717) is 0 Å². The summed E-state index contributed by atoms with van der Waals surface area (Å²) in [7, 11) is 0. The van der Waals surface area contributed by atoms with Gasteiger partial charge in [0.15, 0.2) is 0 Å². The second kappa shape index (κ2) is 1.99. The van der Waals surface area contributed by atoms with E-state index in [1.54, 1.807) is 0 Å². The van der Waals surface area contributed by atoms with Crippen LogP contribution in [0.25, 0.3) is 0 Å². The molecule has 0 aliphatic rings. The first-order chi connectivity index (χ1) is 2.00. The molecule has 0 amide bonds. The monoisotopic (exact) mass is 104 g/mol. The molecule has 2 nitrogen and oxygen atoms in total. The zero-order valence-corrected chi connectivity index (χ0v) is 2.58. The lowest BCUT2D eigenvalue weighted by Crippen LogP contribution is -2.01. The van der Waals surface area contributed by atoms with E-state index in [2.05, 4.69) is 0 Å². The summed E-state index contributed by atoms with van der Waals surface area (Å²) in [6.45, 7) is 0. The third kappa shape index (κ3) is 324. The molecule has 40 valence electrons. The second-order valence-electron chi connectivity index (χ2n) is 0.468. The number of hydrogen-bond acceptors (Lipinski definition) is 1. The number of halogens is 3. The van der Waals surface area contributed by atoms with Crippen LogP contribution in [-0.4, -0.2) is 16.9 Å². The first-order valence-corrected chi connectivity index (χ1v) is 0.791. The molecule has 0 radical (unpaired) electrons. The van der Waals surface area contributed by atoms with Crippen molar-refractivity contribution in [3.8, 4) is 0 Å². The van der Waals surface area contributed by atoms with E-state index in [4.69, 9.17) is 5.11 Å². The lowest BCUT2D eigenvalue weighted by molar-refractivity contribution is -0.295. The fraction of sp³-hybridized carbons (Fsp3) is 1.00. The molecule has 6 heavy (non-hydrogen) atoms. The number of aliphatic hydroxyl groups is 1. The Morgan fingerprint density at radius 1 is 1.17 bits per heavy atom. The number of hydrogen-bond donors (Lipinski definition) is 1. The van der Waals surface area contributed by atoms with Gasteiger partial charge in [-0.3, -0.25) is 0 Å². The molecule has 0 heterocycles. The quantitative estimate of drug-likeness (QED) is 0.449. The predicted octanol–water partition coefficient (Wildman–Crippen LogP) is -0.326. The van der Waals surface area contributed by atoms with Gasteiger partial charge in [-0.2, -0.15) is 0 Å². The van der Waals surface area contributed by atoms with E-state index in [-0.39, 0.29) is 5.48 Å². The largest absolute Gasteiger partial charge is 0.519 e. The topological polar surface area (TPSA) is 51.7 Å². The van der Waals surface area contributed by atoms with Crippen molar-refractivity contribution in [1.82, 2.24) is 0 Å². The van der Waals surface area contributed by atoms with Gasteiger partial charge in [-0.1, -0.05) is 0 Å². The zero-order chi connectivity index (χ0) is 4.50. The molecule has 0 bridgehead atoms. The molecule has 0 aliphatic carbocycles. The maximum atomic E-state index is 9.91. The van der Waals surface area contributed by atoms with E-state index in [9.17, 15) is 13.2 Å². The molecule has 0 saturated carbocycles. The van der Waals surface area contributed by atoms with Crippen LogP contribution >= 0.6 is 0 Å². The van der Waals surface area contributed by atoms with E-state index in [1.165, 1.54) is 0 Å². The van der Waals surface area contributed by atoms with E-state index >= 15 is 0 Å². The van der Waals surface area contributed by atoms with E-state index in [0.717, 1.165) is 0 Å². The normalized spacial score (nSPS) is 10.0. The van der Waals surface area contributed by atoms with Gasteiger partial charge in [0.05, 0.1) is 0 Å². The van der Waals surface area contributed by atoms with Gasteiger partial charge < -0.3 is 10.6 Å². The van der Waals surface area contributed by atoms with Crippen molar-refractivity contribution in [2.45, 2.75) is 6.36 Å². The highest BCUT2D eigenvalue weighted by molar-refractivity contribution is 4.06. The Balaban J connectivity index is 0. The Hall–Kier alpha value is -0.290. The summed E-state index contributed by atoms with van der Waals surface area (Å²) < 4.78 is 29.7. The number of rotatable bonds is 0. The summed E-state index contributed by atoms with van der Waals surface area (Å²) in [6, 6.07) is 0. The predicted molar refractivity (Wildman–Crippen MR) is 11.9 cm³/mol. The molecular weight excluding hydrogens is 101 g/mol. The summed E-state index contributed by atoms with van der Waals surface area (Å²) in [4.78, 5) is 0. The van der Waals surface area contributed by atoms with Gasteiger partial charge >= 0.3 is 6.36 Å². The van der Waals surface area contributed by atoms with Crippen molar-refractivity contribution in [2.24, 2.45) is 0 Å². The van der Waals surface area contributed by atoms with Crippen LogP contribution in [0.15, 0.2) is 0 Å². The van der Waals surface area contributed by atoms with Gasteiger partial charge in [-0.25, -0.2) is 0 Å². The Bertz CT molecular complexity index is 24.3. The fourth-order valence-electron chi connectivity index (χ4n) is 0. The maximum absolute atomic E-state index is 9.91. The van der Waals surface area contributed by atoms with Gasteiger partial charge in [0.25, 0.3) is 0 Å². The summed E-state index contributed by atoms with van der Waals surface area (Å²) in [5.74, 6) is 0. The third-order valence-corrected chi connectivity index (χ3v) is 0. The van der Waals surface area contributed by atoms with Gasteiger partial charge in [0.1, 0.15) is 0 Å². The lowest BCUT2D eigenvalue weighted by Gasteiger charge is -1.86. The van der Waals surface area contributed by atoms with Crippen LogP contribution in [0.1, 0.15) is 0 Å². The second-order valence-corrected chi connectivity index (χ2v) is 0.468. The van der Waals surface area contributed by atoms with Crippen molar-refractivity contribution >= 4 is 0 Å². The first-order valence-electron chi connectivity index (χ1n) is 0.791. The average molecular weight is 104 g/mol. The van der Waals surface area contributed by atoms with Gasteiger partial charge in [-0.15, -0.1) is 13.2 Å². The van der Waals surface area contributed by atoms with E-state index < -0.39 is 6.36 Å². The minimum absolute atomic E-state index is 0. The Labute approximate surface area is 31.5 Å². The standard InChI is InChI=1S/CHF3O.H2O/c2-1(3,4)5;/h5H;1H2. The Morgan fingerprint density at radius 2 is 1.17 bits per heavy atom. The third-order valence-electron chi connectivity index (χ3n) is 0. The van der Waals surface area contributed by atoms with Gasteiger partial charge in [0.2, 0.25) is 0 Å². The van der Waals surface area contributed by atoms with Crippen LogP contribution in [0.5, 0.6) is 0 Å². The summed E-state index contributed by atoms with van der Waals surface area (Å²) in [6.07, 6.45) is -5.00. The van der Waals surface area contributed by atoms with Gasteiger partial charge in [0, 0.05) is 0 Å². The lowest BCUT2D eigenvalue weighted by atomic mass is 11.4. The van der Waals surface area contributed by atoms with Crippen molar-refractivity contribution in [3.63, 3.8) is 0 Å². The molecule has 3 N–H and O–H groups in total. The molecule has 0 saturated heterocycles. The van der Waals surface area contributed by atoms with Crippen LogP contribution in [-0.2, 0) is 0 Å². The van der Waals surface area contributed by atoms with E-state index in [1.807, 2.05) is 0 Å². The summed E-state index contributed by atoms with van der Waals surface area (Å²) >= 11 is 0. The maximum Gasteiger partial charge on any atom is 0.519 e. The minimum Gasteiger partial charge on any atom is -0.412 e. The van der Waals surface area contributed by atoms with Crippen molar-refractivity contribution < 1.29 is 23.8 Å². The van der Waals surface area contributed by atoms with Crippen LogP contribution in [0.2, 0.25) is 0 Å². The Morgan fingerprint density at radius 3 is 1.17 bits per heavy atom. The molecule has 0 aromatic rings. The SMILES string of the molecule is O.OC(F)(F)F. The molecule has 0 fully saturated rings.